The van der Waals surface area contributed by atoms with Crippen molar-refractivity contribution in [3.05, 3.63) is 59.7 Å². The summed E-state index contributed by atoms with van der Waals surface area (Å²) in [6.07, 6.45) is 7.39. The highest BCUT2D eigenvalue weighted by atomic mass is 16.5. The van der Waals surface area contributed by atoms with Crippen molar-refractivity contribution in [1.82, 2.24) is 0 Å². The zero-order chi connectivity index (χ0) is 17.2. The Kier molecular flexibility index (Phi) is 7.67. The number of methoxy groups -OCH3 is 2. The topological polar surface area (TPSA) is 18.5 Å². The zero-order valence-electron chi connectivity index (χ0n) is 15.3. The Bertz CT molecular complexity index is 592. The average molecular weight is 326 g/mol. The van der Waals surface area contributed by atoms with Crippen molar-refractivity contribution in [2.75, 3.05) is 14.2 Å². The van der Waals surface area contributed by atoms with E-state index >= 15 is 0 Å². The van der Waals surface area contributed by atoms with Gasteiger partial charge in [0.2, 0.25) is 0 Å². The number of hydrogen-bond acceptors (Lipinski definition) is 2. The molecule has 0 aliphatic heterocycles. The van der Waals surface area contributed by atoms with Gasteiger partial charge in [0.25, 0.3) is 0 Å². The summed E-state index contributed by atoms with van der Waals surface area (Å²) in [7, 11) is 3.37. The Morgan fingerprint density at radius 2 is 1.38 bits per heavy atom. The molecule has 0 aromatic heterocycles. The first-order valence-corrected chi connectivity index (χ1v) is 8.97. The molecule has 2 nitrogen and oxygen atoms in total. The predicted molar refractivity (Wildman–Crippen MR) is 101 cm³/mol. The molecule has 0 aliphatic rings. The lowest BCUT2D eigenvalue weighted by atomic mass is 9.95. The lowest BCUT2D eigenvalue weighted by molar-refractivity contribution is 0.354. The van der Waals surface area contributed by atoms with E-state index in [1.807, 2.05) is 6.07 Å². The lowest BCUT2D eigenvalue weighted by Gasteiger charge is -2.12. The second-order valence-electron chi connectivity index (χ2n) is 6.56. The summed E-state index contributed by atoms with van der Waals surface area (Å²) in [5.74, 6) is 2.41. The van der Waals surface area contributed by atoms with Crippen LogP contribution in [-0.4, -0.2) is 14.2 Å². The van der Waals surface area contributed by atoms with Crippen LogP contribution in [0, 0.1) is 5.92 Å². The smallest absolute Gasteiger partial charge is 0.160 e. The second-order valence-corrected chi connectivity index (χ2v) is 6.56. The molecule has 0 fully saturated rings. The number of benzene rings is 2. The van der Waals surface area contributed by atoms with Crippen LogP contribution >= 0.6 is 0 Å². The fourth-order valence-corrected chi connectivity index (χ4v) is 3.13. The van der Waals surface area contributed by atoms with E-state index in [-0.39, 0.29) is 0 Å². The minimum absolute atomic E-state index is 0.786. The molecule has 0 bridgehead atoms. The average Bonchev–Trinajstić information content (AvgIpc) is 2.62. The van der Waals surface area contributed by atoms with E-state index in [9.17, 15) is 0 Å². The van der Waals surface area contributed by atoms with Crippen molar-refractivity contribution in [3.63, 3.8) is 0 Å². The van der Waals surface area contributed by atoms with E-state index in [2.05, 4.69) is 49.4 Å². The molecule has 0 N–H and O–H groups in total. The molecular formula is C22H30O2. The third-order valence-corrected chi connectivity index (χ3v) is 4.62. The summed E-state index contributed by atoms with van der Waals surface area (Å²) < 4.78 is 10.7. The van der Waals surface area contributed by atoms with Crippen molar-refractivity contribution >= 4 is 0 Å². The van der Waals surface area contributed by atoms with E-state index in [1.54, 1.807) is 14.2 Å². The van der Waals surface area contributed by atoms with Crippen molar-refractivity contribution in [2.45, 2.75) is 45.4 Å². The number of hydrogen-bond donors (Lipinski definition) is 0. The molecule has 0 amide bonds. The second kappa shape index (κ2) is 10.0. The minimum atomic E-state index is 0.786. The van der Waals surface area contributed by atoms with Crippen LogP contribution in [0.4, 0.5) is 0 Å². The van der Waals surface area contributed by atoms with Gasteiger partial charge >= 0.3 is 0 Å². The molecule has 2 rings (SSSR count). The highest BCUT2D eigenvalue weighted by Gasteiger charge is 2.06. The highest BCUT2D eigenvalue weighted by Crippen LogP contribution is 2.28. The molecule has 0 saturated carbocycles. The standard InChI is InChI=1S/C22H30O2/c1-18(9-7-13-19-11-5-4-6-12-19)10-8-14-20-15-16-21(23-2)22(17-20)24-3/h4-6,11-12,15-18H,7-10,13-14H2,1-3H3. The first-order valence-electron chi connectivity index (χ1n) is 8.97. The van der Waals surface area contributed by atoms with Crippen LogP contribution in [0.3, 0.4) is 0 Å². The predicted octanol–water partition coefficient (Wildman–Crippen LogP) is 5.69. The third kappa shape index (κ3) is 5.92. The van der Waals surface area contributed by atoms with E-state index in [0.29, 0.717) is 0 Å². The van der Waals surface area contributed by atoms with Gasteiger partial charge < -0.3 is 9.47 Å². The molecule has 0 aliphatic carbocycles. The van der Waals surface area contributed by atoms with Crippen molar-refractivity contribution in [3.8, 4) is 11.5 Å². The molecule has 0 saturated heterocycles. The summed E-state index contributed by atoms with van der Waals surface area (Å²) in [5, 5.41) is 0. The first-order chi connectivity index (χ1) is 11.7. The van der Waals surface area contributed by atoms with Gasteiger partial charge in [0.15, 0.2) is 11.5 Å². The third-order valence-electron chi connectivity index (χ3n) is 4.62. The summed E-state index contributed by atoms with van der Waals surface area (Å²) in [6, 6.07) is 17.0. The molecule has 1 atom stereocenters. The van der Waals surface area contributed by atoms with Crippen LogP contribution in [-0.2, 0) is 12.8 Å². The maximum absolute atomic E-state index is 5.37. The van der Waals surface area contributed by atoms with Gasteiger partial charge in [-0.25, -0.2) is 0 Å². The highest BCUT2D eigenvalue weighted by molar-refractivity contribution is 5.42. The van der Waals surface area contributed by atoms with Gasteiger partial charge in [0.1, 0.15) is 0 Å². The zero-order valence-corrected chi connectivity index (χ0v) is 15.3. The monoisotopic (exact) mass is 326 g/mol. The summed E-state index contributed by atoms with van der Waals surface area (Å²) in [6.45, 7) is 2.37. The van der Waals surface area contributed by atoms with Crippen LogP contribution < -0.4 is 9.47 Å². The fraction of sp³-hybridized carbons (Fsp3) is 0.455. The lowest BCUT2D eigenvalue weighted by Crippen LogP contribution is -1.98. The largest absolute Gasteiger partial charge is 0.493 e. The van der Waals surface area contributed by atoms with E-state index < -0.39 is 0 Å². The molecule has 130 valence electrons. The van der Waals surface area contributed by atoms with Crippen LogP contribution in [0.5, 0.6) is 11.5 Å². The molecular weight excluding hydrogens is 296 g/mol. The summed E-state index contributed by atoms with van der Waals surface area (Å²) in [5.41, 5.74) is 2.78. The molecule has 1 unspecified atom stereocenters. The van der Waals surface area contributed by atoms with Gasteiger partial charge in [-0.15, -0.1) is 0 Å². The van der Waals surface area contributed by atoms with Crippen LogP contribution in [0.1, 0.15) is 43.7 Å². The first kappa shape index (κ1) is 18.4. The van der Waals surface area contributed by atoms with Gasteiger partial charge in [-0.1, -0.05) is 56.2 Å². The van der Waals surface area contributed by atoms with Crippen LogP contribution in [0.25, 0.3) is 0 Å². The SMILES string of the molecule is COc1ccc(CCCC(C)CCCc2ccccc2)cc1OC. The van der Waals surface area contributed by atoms with Crippen molar-refractivity contribution in [1.29, 1.82) is 0 Å². The number of aryl methyl sites for hydroxylation is 2. The molecule has 0 spiro atoms. The molecule has 2 heteroatoms. The quantitative estimate of drug-likeness (QED) is 0.559. The van der Waals surface area contributed by atoms with Crippen molar-refractivity contribution in [2.24, 2.45) is 5.92 Å². The Balaban J connectivity index is 1.68. The Morgan fingerprint density at radius 3 is 2.00 bits per heavy atom. The molecule has 2 aromatic rings. The maximum atomic E-state index is 5.37. The molecule has 2 aromatic carbocycles. The Hall–Kier alpha value is -1.96. The van der Waals surface area contributed by atoms with E-state index in [0.717, 1.165) is 23.8 Å². The van der Waals surface area contributed by atoms with Crippen LogP contribution in [0.15, 0.2) is 48.5 Å². The van der Waals surface area contributed by atoms with Gasteiger partial charge in [-0.05, 0) is 54.9 Å². The molecule has 0 heterocycles. The normalized spacial score (nSPS) is 12.0. The molecule has 0 radical (unpaired) electrons. The maximum Gasteiger partial charge on any atom is 0.160 e. The molecule has 24 heavy (non-hydrogen) atoms. The van der Waals surface area contributed by atoms with Crippen LogP contribution in [0.2, 0.25) is 0 Å². The van der Waals surface area contributed by atoms with Gasteiger partial charge in [0, 0.05) is 0 Å². The van der Waals surface area contributed by atoms with Gasteiger partial charge in [-0.2, -0.15) is 0 Å². The number of ether oxygens (including phenoxy) is 2. The Labute approximate surface area is 146 Å². The minimum Gasteiger partial charge on any atom is -0.493 e. The van der Waals surface area contributed by atoms with Crippen molar-refractivity contribution < 1.29 is 9.47 Å². The van der Waals surface area contributed by atoms with E-state index in [4.69, 9.17) is 9.47 Å². The summed E-state index contributed by atoms with van der Waals surface area (Å²) >= 11 is 0. The van der Waals surface area contributed by atoms with E-state index in [1.165, 1.54) is 43.2 Å². The fourth-order valence-electron chi connectivity index (χ4n) is 3.13. The summed E-state index contributed by atoms with van der Waals surface area (Å²) in [4.78, 5) is 0. The van der Waals surface area contributed by atoms with Gasteiger partial charge in [0.05, 0.1) is 14.2 Å². The number of rotatable bonds is 10. The van der Waals surface area contributed by atoms with Gasteiger partial charge in [-0.3, -0.25) is 0 Å². The Morgan fingerprint density at radius 1 is 0.750 bits per heavy atom.